The number of nitrogens with zero attached hydrogens (tertiary/aromatic N) is 1. The molecule has 0 bridgehead atoms. The Morgan fingerprint density at radius 3 is 2.67 bits per heavy atom. The number of hydrogen-bond donors (Lipinski definition) is 1. The average Bonchev–Trinajstić information content (AvgIpc) is 2.67. The summed E-state index contributed by atoms with van der Waals surface area (Å²) in [5, 5.41) is 3.53. The Balaban J connectivity index is 2.12. The van der Waals surface area contributed by atoms with Crippen molar-refractivity contribution >= 4 is 44.2 Å². The predicted molar refractivity (Wildman–Crippen MR) is 108 cm³/mol. The molecule has 3 rings (SSSR count). The number of halogens is 4. The second kappa shape index (κ2) is 8.78. The number of aromatic nitrogens is 1. The second-order valence-corrected chi connectivity index (χ2v) is 6.83. The van der Waals surface area contributed by atoms with E-state index < -0.39 is 18.1 Å². The fourth-order valence-corrected chi connectivity index (χ4v) is 3.27. The third-order valence-electron chi connectivity index (χ3n) is 3.97. The molecule has 0 amide bonds. The minimum atomic E-state index is -4.82. The molecule has 1 aromatic heterocycles. The van der Waals surface area contributed by atoms with Crippen molar-refractivity contribution in [3.63, 3.8) is 0 Å². The smallest absolute Gasteiger partial charge is 0.495 e. The summed E-state index contributed by atoms with van der Waals surface area (Å²) in [6, 6.07) is 8.66. The quantitative estimate of drug-likeness (QED) is 0.444. The van der Waals surface area contributed by atoms with E-state index in [0.29, 0.717) is 26.8 Å². The van der Waals surface area contributed by atoms with E-state index >= 15 is 0 Å². The van der Waals surface area contributed by atoms with Gasteiger partial charge in [0.2, 0.25) is 0 Å². The Morgan fingerprint density at radius 1 is 1.23 bits per heavy atom. The zero-order valence-corrected chi connectivity index (χ0v) is 17.4. The van der Waals surface area contributed by atoms with Crippen LogP contribution in [0.1, 0.15) is 17.3 Å². The van der Waals surface area contributed by atoms with Crippen molar-refractivity contribution in [2.75, 3.05) is 19.0 Å². The van der Waals surface area contributed by atoms with Crippen molar-refractivity contribution < 1.29 is 32.2 Å². The first-order valence-electron chi connectivity index (χ1n) is 8.68. The average molecular weight is 485 g/mol. The zero-order valence-electron chi connectivity index (χ0n) is 15.8. The van der Waals surface area contributed by atoms with Crippen LogP contribution in [-0.4, -0.2) is 31.0 Å². The van der Waals surface area contributed by atoms with Crippen LogP contribution in [0.5, 0.6) is 11.5 Å². The molecule has 0 atom stereocenters. The number of fused-ring (bicyclic) bond motifs is 1. The molecule has 2 aromatic carbocycles. The molecule has 0 fully saturated rings. The standard InChI is InChI=1S/C20H16BrF3N2O4/c1-3-29-19(27)14-10-25-16-9-17(28-2)15(21)8-13(16)18(14)26-11-5-4-6-12(7-11)30-20(22,23)24/h4-10H,3H2,1-2H3,(H,25,26). The van der Waals surface area contributed by atoms with E-state index in [0.717, 1.165) is 0 Å². The summed E-state index contributed by atoms with van der Waals surface area (Å²) in [6.45, 7) is 1.82. The number of methoxy groups -OCH3 is 1. The Bertz CT molecular complexity index is 1090. The Morgan fingerprint density at radius 2 is 2.00 bits per heavy atom. The van der Waals surface area contributed by atoms with Gasteiger partial charge in [0.25, 0.3) is 0 Å². The molecule has 0 radical (unpaired) electrons. The number of esters is 1. The number of alkyl halides is 3. The van der Waals surface area contributed by atoms with Gasteiger partial charge in [-0.25, -0.2) is 4.79 Å². The third kappa shape index (κ3) is 4.93. The van der Waals surface area contributed by atoms with Crippen molar-refractivity contribution in [1.82, 2.24) is 4.98 Å². The van der Waals surface area contributed by atoms with Gasteiger partial charge in [0.1, 0.15) is 17.1 Å². The van der Waals surface area contributed by atoms with Crippen LogP contribution in [0.25, 0.3) is 10.9 Å². The number of rotatable bonds is 6. The van der Waals surface area contributed by atoms with Gasteiger partial charge in [0.05, 0.1) is 29.4 Å². The highest BCUT2D eigenvalue weighted by Gasteiger charge is 2.31. The van der Waals surface area contributed by atoms with E-state index in [1.165, 1.54) is 31.5 Å². The molecule has 0 saturated heterocycles. The number of ether oxygens (including phenoxy) is 3. The van der Waals surface area contributed by atoms with Gasteiger partial charge in [0.15, 0.2) is 0 Å². The minimum Gasteiger partial charge on any atom is -0.495 e. The zero-order chi connectivity index (χ0) is 21.9. The van der Waals surface area contributed by atoms with Crippen molar-refractivity contribution in [1.29, 1.82) is 0 Å². The number of benzene rings is 2. The van der Waals surface area contributed by atoms with Gasteiger partial charge < -0.3 is 19.5 Å². The third-order valence-corrected chi connectivity index (χ3v) is 4.59. The Hall–Kier alpha value is -3.01. The molecule has 0 unspecified atom stereocenters. The lowest BCUT2D eigenvalue weighted by atomic mass is 10.1. The molecular formula is C20H16BrF3N2O4. The van der Waals surface area contributed by atoms with Crippen molar-refractivity contribution in [3.05, 3.63) is 52.6 Å². The lowest BCUT2D eigenvalue weighted by Gasteiger charge is -2.16. The molecule has 6 nitrogen and oxygen atoms in total. The van der Waals surface area contributed by atoms with Crippen LogP contribution in [0.4, 0.5) is 24.5 Å². The number of hydrogen-bond acceptors (Lipinski definition) is 6. The SMILES string of the molecule is CCOC(=O)c1cnc2cc(OC)c(Br)cc2c1Nc1cccc(OC(F)(F)F)c1. The van der Waals surface area contributed by atoms with Gasteiger partial charge in [0, 0.05) is 29.4 Å². The largest absolute Gasteiger partial charge is 0.573 e. The molecule has 10 heteroatoms. The number of anilines is 2. The maximum Gasteiger partial charge on any atom is 0.573 e. The first kappa shape index (κ1) is 21.7. The summed E-state index contributed by atoms with van der Waals surface area (Å²) < 4.78 is 52.6. The molecule has 0 aliphatic heterocycles. The maximum absolute atomic E-state index is 12.5. The van der Waals surface area contributed by atoms with Crippen molar-refractivity contribution in [3.8, 4) is 11.5 Å². The fourth-order valence-electron chi connectivity index (χ4n) is 2.76. The van der Waals surface area contributed by atoms with Crippen molar-refractivity contribution in [2.45, 2.75) is 13.3 Å². The minimum absolute atomic E-state index is 0.128. The van der Waals surface area contributed by atoms with Crippen LogP contribution < -0.4 is 14.8 Å². The summed E-state index contributed by atoms with van der Waals surface area (Å²) in [6.07, 6.45) is -3.48. The number of pyridine rings is 1. The van der Waals surface area contributed by atoms with Crippen molar-refractivity contribution in [2.24, 2.45) is 0 Å². The van der Waals surface area contributed by atoms with E-state index in [4.69, 9.17) is 9.47 Å². The highest BCUT2D eigenvalue weighted by molar-refractivity contribution is 9.10. The number of nitrogens with one attached hydrogen (secondary N) is 1. The molecule has 158 valence electrons. The molecule has 1 N–H and O–H groups in total. The van der Waals surface area contributed by atoms with Gasteiger partial charge in [-0.05, 0) is 41.1 Å². The van der Waals surface area contributed by atoms with Gasteiger partial charge in [-0.1, -0.05) is 6.07 Å². The molecule has 0 spiro atoms. The Kier molecular flexibility index (Phi) is 6.35. The molecular weight excluding hydrogens is 469 g/mol. The van der Waals surface area contributed by atoms with Gasteiger partial charge in [-0.15, -0.1) is 13.2 Å². The summed E-state index contributed by atoms with van der Waals surface area (Å²) in [5.74, 6) is -0.485. The van der Waals surface area contributed by atoms with Gasteiger partial charge >= 0.3 is 12.3 Å². The van der Waals surface area contributed by atoms with Crippen LogP contribution in [-0.2, 0) is 4.74 Å². The summed E-state index contributed by atoms with van der Waals surface area (Å²) in [7, 11) is 1.50. The van der Waals surface area contributed by atoms with Crippen LogP contribution in [0.2, 0.25) is 0 Å². The maximum atomic E-state index is 12.5. The molecule has 3 aromatic rings. The van der Waals surface area contributed by atoms with E-state index in [1.54, 1.807) is 25.1 Å². The fraction of sp³-hybridized carbons (Fsp3) is 0.200. The first-order valence-corrected chi connectivity index (χ1v) is 9.47. The van der Waals surface area contributed by atoms with E-state index in [2.05, 4.69) is 31.0 Å². The summed E-state index contributed by atoms with van der Waals surface area (Å²) in [5.41, 5.74) is 1.24. The number of carbonyl (C=O) groups excluding carboxylic acids is 1. The first-order chi connectivity index (χ1) is 14.2. The lowest BCUT2D eigenvalue weighted by molar-refractivity contribution is -0.274. The monoisotopic (exact) mass is 484 g/mol. The topological polar surface area (TPSA) is 69.7 Å². The molecule has 0 saturated carbocycles. The van der Waals surface area contributed by atoms with Gasteiger partial charge in [-0.3, -0.25) is 4.98 Å². The summed E-state index contributed by atoms with van der Waals surface area (Å²) >= 11 is 3.39. The highest BCUT2D eigenvalue weighted by atomic mass is 79.9. The van der Waals surface area contributed by atoms with Crippen LogP contribution in [0.15, 0.2) is 47.1 Å². The van der Waals surface area contributed by atoms with Crippen LogP contribution >= 0.6 is 15.9 Å². The molecule has 0 aliphatic rings. The number of carbonyl (C=O) groups is 1. The van der Waals surface area contributed by atoms with Crippen LogP contribution in [0, 0.1) is 0 Å². The second-order valence-electron chi connectivity index (χ2n) is 5.97. The lowest BCUT2D eigenvalue weighted by Crippen LogP contribution is -2.17. The predicted octanol–water partition coefficient (Wildman–Crippen LogP) is 5.82. The highest BCUT2D eigenvalue weighted by Crippen LogP contribution is 2.36. The van der Waals surface area contributed by atoms with Gasteiger partial charge in [-0.2, -0.15) is 0 Å². The molecule has 1 heterocycles. The summed E-state index contributed by atoms with van der Waals surface area (Å²) in [4.78, 5) is 16.7. The molecule has 0 aliphatic carbocycles. The van der Waals surface area contributed by atoms with E-state index in [-0.39, 0.29) is 17.9 Å². The van der Waals surface area contributed by atoms with Crippen LogP contribution in [0.3, 0.4) is 0 Å². The normalized spacial score (nSPS) is 11.3. The van der Waals surface area contributed by atoms with E-state index in [9.17, 15) is 18.0 Å². The Labute approximate surface area is 178 Å². The van der Waals surface area contributed by atoms with E-state index in [1.807, 2.05) is 0 Å². The molecule has 30 heavy (non-hydrogen) atoms.